The Morgan fingerprint density at radius 1 is 1.08 bits per heavy atom. The Bertz CT molecular complexity index is 820. The molecule has 0 aliphatic carbocycles. The SMILES string of the molecule is CCOc1ccc(S(=O)(=O)NCc2nc(OC)nc(OC)n2)cc1C. The van der Waals surface area contributed by atoms with Gasteiger partial charge in [-0.05, 0) is 37.6 Å². The molecule has 0 unspecified atom stereocenters. The number of nitrogens with one attached hydrogen (secondary N) is 1. The normalized spacial score (nSPS) is 11.2. The monoisotopic (exact) mass is 368 g/mol. The highest BCUT2D eigenvalue weighted by atomic mass is 32.2. The largest absolute Gasteiger partial charge is 0.494 e. The minimum atomic E-state index is -3.74. The predicted molar refractivity (Wildman–Crippen MR) is 89.3 cm³/mol. The zero-order valence-corrected chi connectivity index (χ0v) is 15.3. The summed E-state index contributed by atoms with van der Waals surface area (Å²) < 4.78 is 42.6. The Hall–Kier alpha value is -2.46. The van der Waals surface area contributed by atoms with Crippen LogP contribution in [0.5, 0.6) is 17.8 Å². The predicted octanol–water partition coefficient (Wildman–Crippen LogP) is 1.07. The average Bonchev–Trinajstić information content (AvgIpc) is 2.61. The summed E-state index contributed by atoms with van der Waals surface area (Å²) in [6, 6.07) is 4.73. The molecule has 0 fully saturated rings. The third kappa shape index (κ3) is 4.77. The van der Waals surface area contributed by atoms with Gasteiger partial charge in [-0.3, -0.25) is 0 Å². The average molecular weight is 368 g/mol. The van der Waals surface area contributed by atoms with Crippen molar-refractivity contribution in [2.75, 3.05) is 20.8 Å². The van der Waals surface area contributed by atoms with E-state index in [9.17, 15) is 8.42 Å². The molecule has 0 bridgehead atoms. The van der Waals surface area contributed by atoms with E-state index in [1.165, 1.54) is 20.3 Å². The fraction of sp³-hybridized carbons (Fsp3) is 0.400. The molecular weight excluding hydrogens is 348 g/mol. The Morgan fingerprint density at radius 2 is 1.72 bits per heavy atom. The number of nitrogens with zero attached hydrogens (tertiary/aromatic N) is 3. The van der Waals surface area contributed by atoms with Gasteiger partial charge in [0.25, 0.3) is 0 Å². The van der Waals surface area contributed by atoms with Gasteiger partial charge in [0.05, 0.1) is 32.3 Å². The fourth-order valence-corrected chi connectivity index (χ4v) is 3.05. The molecule has 10 heteroatoms. The molecule has 0 amide bonds. The second-order valence-corrected chi connectivity index (χ2v) is 6.68. The second-order valence-electron chi connectivity index (χ2n) is 4.91. The number of aromatic nitrogens is 3. The van der Waals surface area contributed by atoms with E-state index in [1.54, 1.807) is 19.1 Å². The zero-order valence-electron chi connectivity index (χ0n) is 14.4. The lowest BCUT2D eigenvalue weighted by Crippen LogP contribution is -2.24. The van der Waals surface area contributed by atoms with E-state index in [0.29, 0.717) is 12.4 Å². The highest BCUT2D eigenvalue weighted by Crippen LogP contribution is 2.22. The van der Waals surface area contributed by atoms with Crippen molar-refractivity contribution in [2.24, 2.45) is 0 Å². The van der Waals surface area contributed by atoms with Crippen molar-refractivity contribution in [3.8, 4) is 17.8 Å². The maximum Gasteiger partial charge on any atom is 0.322 e. The van der Waals surface area contributed by atoms with Gasteiger partial charge < -0.3 is 14.2 Å². The summed E-state index contributed by atoms with van der Waals surface area (Å²) in [5.74, 6) is 0.823. The number of hydrogen-bond donors (Lipinski definition) is 1. The molecule has 136 valence electrons. The molecule has 0 aliphatic heterocycles. The van der Waals surface area contributed by atoms with Crippen LogP contribution >= 0.6 is 0 Å². The molecule has 1 heterocycles. The topological polar surface area (TPSA) is 113 Å². The number of rotatable bonds is 8. The Balaban J connectivity index is 2.18. The van der Waals surface area contributed by atoms with Crippen molar-refractivity contribution in [3.63, 3.8) is 0 Å². The molecule has 2 rings (SSSR count). The summed E-state index contributed by atoms with van der Waals surface area (Å²) in [5, 5.41) is 0. The van der Waals surface area contributed by atoms with Crippen molar-refractivity contribution < 1.29 is 22.6 Å². The third-order valence-corrected chi connectivity index (χ3v) is 4.58. The van der Waals surface area contributed by atoms with Gasteiger partial charge in [-0.2, -0.15) is 9.97 Å². The van der Waals surface area contributed by atoms with Gasteiger partial charge in [0.1, 0.15) is 5.75 Å². The molecule has 0 aliphatic rings. The van der Waals surface area contributed by atoms with Crippen LogP contribution in [-0.2, 0) is 16.6 Å². The summed E-state index contributed by atoms with van der Waals surface area (Å²) in [6.07, 6.45) is 0. The number of aryl methyl sites for hydroxylation is 1. The van der Waals surface area contributed by atoms with Crippen LogP contribution in [0.2, 0.25) is 0 Å². The van der Waals surface area contributed by atoms with Crippen LogP contribution < -0.4 is 18.9 Å². The van der Waals surface area contributed by atoms with Gasteiger partial charge in [-0.15, -0.1) is 4.98 Å². The minimum Gasteiger partial charge on any atom is -0.494 e. The van der Waals surface area contributed by atoms with Crippen molar-refractivity contribution in [3.05, 3.63) is 29.6 Å². The molecule has 0 spiro atoms. The molecule has 1 aromatic heterocycles. The molecule has 0 saturated carbocycles. The molecule has 0 atom stereocenters. The number of benzene rings is 1. The molecule has 2 aromatic rings. The van der Waals surface area contributed by atoms with Crippen LogP contribution in [-0.4, -0.2) is 44.2 Å². The van der Waals surface area contributed by atoms with E-state index >= 15 is 0 Å². The van der Waals surface area contributed by atoms with Crippen molar-refractivity contribution in [2.45, 2.75) is 25.3 Å². The lowest BCUT2D eigenvalue weighted by atomic mass is 10.2. The van der Waals surface area contributed by atoms with E-state index in [0.717, 1.165) is 5.56 Å². The van der Waals surface area contributed by atoms with Gasteiger partial charge in [-0.25, -0.2) is 13.1 Å². The summed E-state index contributed by atoms with van der Waals surface area (Å²) in [7, 11) is -0.951. The minimum absolute atomic E-state index is 0.0398. The smallest absolute Gasteiger partial charge is 0.322 e. The molecular formula is C15H20N4O5S. The highest BCUT2D eigenvalue weighted by Gasteiger charge is 2.17. The number of sulfonamides is 1. The van der Waals surface area contributed by atoms with Gasteiger partial charge in [0, 0.05) is 0 Å². The number of methoxy groups -OCH3 is 2. The van der Waals surface area contributed by atoms with Crippen LogP contribution in [0.25, 0.3) is 0 Å². The lowest BCUT2D eigenvalue weighted by molar-refractivity contribution is 0.336. The van der Waals surface area contributed by atoms with Gasteiger partial charge in [0.15, 0.2) is 5.82 Å². The Morgan fingerprint density at radius 3 is 2.24 bits per heavy atom. The first-order valence-electron chi connectivity index (χ1n) is 7.45. The Labute approximate surface area is 146 Å². The summed E-state index contributed by atoms with van der Waals surface area (Å²) >= 11 is 0. The van der Waals surface area contributed by atoms with E-state index in [1.807, 2.05) is 6.92 Å². The number of ether oxygens (including phenoxy) is 3. The van der Waals surface area contributed by atoms with Gasteiger partial charge in [-0.1, -0.05) is 0 Å². The van der Waals surface area contributed by atoms with Gasteiger partial charge in [0.2, 0.25) is 10.0 Å². The zero-order chi connectivity index (χ0) is 18.4. The van der Waals surface area contributed by atoms with Crippen LogP contribution in [0.4, 0.5) is 0 Å². The molecule has 1 N–H and O–H groups in total. The van der Waals surface area contributed by atoms with Crippen LogP contribution in [0.3, 0.4) is 0 Å². The van der Waals surface area contributed by atoms with Crippen molar-refractivity contribution in [1.82, 2.24) is 19.7 Å². The maximum absolute atomic E-state index is 12.5. The van der Waals surface area contributed by atoms with E-state index < -0.39 is 10.0 Å². The second kappa shape index (κ2) is 8.08. The van der Waals surface area contributed by atoms with Crippen LogP contribution in [0.15, 0.2) is 23.1 Å². The fourth-order valence-electron chi connectivity index (χ4n) is 1.99. The third-order valence-electron chi connectivity index (χ3n) is 3.18. The lowest BCUT2D eigenvalue weighted by Gasteiger charge is -2.11. The van der Waals surface area contributed by atoms with E-state index in [2.05, 4.69) is 19.7 Å². The summed E-state index contributed by atoms with van der Waals surface area (Å²) in [4.78, 5) is 11.9. The first kappa shape index (κ1) is 18.9. The molecule has 0 saturated heterocycles. The van der Waals surface area contributed by atoms with Crippen LogP contribution in [0, 0.1) is 6.92 Å². The molecule has 0 radical (unpaired) electrons. The quantitative estimate of drug-likeness (QED) is 0.736. The van der Waals surface area contributed by atoms with Crippen molar-refractivity contribution in [1.29, 1.82) is 0 Å². The Kier molecular flexibility index (Phi) is 6.10. The highest BCUT2D eigenvalue weighted by molar-refractivity contribution is 7.89. The van der Waals surface area contributed by atoms with Crippen LogP contribution in [0.1, 0.15) is 18.3 Å². The van der Waals surface area contributed by atoms with E-state index in [-0.39, 0.29) is 29.3 Å². The first-order valence-corrected chi connectivity index (χ1v) is 8.94. The molecule has 25 heavy (non-hydrogen) atoms. The van der Waals surface area contributed by atoms with Crippen molar-refractivity contribution >= 4 is 10.0 Å². The first-order chi connectivity index (χ1) is 11.9. The summed E-state index contributed by atoms with van der Waals surface area (Å²) in [5.41, 5.74) is 0.730. The standard InChI is InChI=1S/C15H20N4O5S/c1-5-24-12-7-6-11(8-10(12)2)25(20,21)16-9-13-17-14(22-3)19-15(18-13)23-4/h6-8,16H,5,9H2,1-4H3. The molecule has 1 aromatic carbocycles. The summed E-state index contributed by atoms with van der Waals surface area (Å²) in [6.45, 7) is 4.02. The van der Waals surface area contributed by atoms with E-state index in [4.69, 9.17) is 14.2 Å². The van der Waals surface area contributed by atoms with Gasteiger partial charge >= 0.3 is 12.0 Å². The molecule has 9 nitrogen and oxygen atoms in total. The maximum atomic E-state index is 12.5. The number of hydrogen-bond acceptors (Lipinski definition) is 8.